The molecule has 0 aromatic heterocycles. The van der Waals surface area contributed by atoms with Crippen molar-refractivity contribution < 1.29 is 19.1 Å². The number of hydrogen-bond donors (Lipinski definition) is 3. The van der Waals surface area contributed by atoms with Gasteiger partial charge in [0.1, 0.15) is 12.4 Å². The Morgan fingerprint density at radius 2 is 1.93 bits per heavy atom. The summed E-state index contributed by atoms with van der Waals surface area (Å²) >= 11 is 0. The van der Waals surface area contributed by atoms with Gasteiger partial charge in [0.15, 0.2) is 0 Å². The number of amides is 2. The first-order chi connectivity index (χ1) is 13.7. The smallest absolute Gasteiger partial charge is 0.251 e. The third-order valence-electron chi connectivity index (χ3n) is 4.44. The number of anilines is 2. The zero-order chi connectivity index (χ0) is 19.8. The summed E-state index contributed by atoms with van der Waals surface area (Å²) in [5, 5.41) is 8.47. The lowest BCUT2D eigenvalue weighted by molar-refractivity contribution is -0.114. The number of nitrogens with one attached hydrogen (secondary N) is 3. The summed E-state index contributed by atoms with van der Waals surface area (Å²) in [6.07, 6.45) is 2.17. The zero-order valence-electron chi connectivity index (χ0n) is 15.9. The van der Waals surface area contributed by atoms with E-state index < -0.39 is 0 Å². The summed E-state index contributed by atoms with van der Waals surface area (Å²) in [6, 6.07) is 14.3. The van der Waals surface area contributed by atoms with Gasteiger partial charge in [-0.25, -0.2) is 0 Å². The number of hydrogen-bond acceptors (Lipinski definition) is 5. The fraction of sp³-hybridized carbons (Fsp3) is 0.333. The van der Waals surface area contributed by atoms with Crippen molar-refractivity contribution in [3.63, 3.8) is 0 Å². The summed E-state index contributed by atoms with van der Waals surface area (Å²) in [5.41, 5.74) is 1.95. The first kappa shape index (κ1) is 19.7. The number of ether oxygens (including phenoxy) is 2. The summed E-state index contributed by atoms with van der Waals surface area (Å²) in [6.45, 7) is 1.35. The molecule has 0 aliphatic carbocycles. The molecule has 1 aliphatic rings. The standard InChI is InChI=1S/C21H25N3O4/c1-22-21(26)15-8-10-16(11-9-15)23-13-20(25)24-18-6-2-3-7-19(18)28-14-17-5-4-12-27-17/h2-3,6-11,17,23H,4-5,12-14H2,1H3,(H,22,26)(H,24,25). The van der Waals surface area contributed by atoms with E-state index in [1.54, 1.807) is 37.4 Å². The Morgan fingerprint density at radius 1 is 1.14 bits per heavy atom. The summed E-state index contributed by atoms with van der Waals surface area (Å²) in [7, 11) is 1.58. The Hall–Kier alpha value is -3.06. The third-order valence-corrected chi connectivity index (χ3v) is 4.44. The number of carbonyl (C=O) groups is 2. The highest BCUT2D eigenvalue weighted by molar-refractivity contribution is 5.96. The number of benzene rings is 2. The minimum Gasteiger partial charge on any atom is -0.489 e. The second kappa shape index (κ2) is 9.75. The Labute approximate surface area is 164 Å². The SMILES string of the molecule is CNC(=O)c1ccc(NCC(=O)Nc2ccccc2OCC2CCCO2)cc1. The molecule has 2 aromatic carbocycles. The quantitative estimate of drug-likeness (QED) is 0.652. The van der Waals surface area contributed by atoms with E-state index in [4.69, 9.17) is 9.47 Å². The van der Waals surface area contributed by atoms with Crippen LogP contribution in [0.5, 0.6) is 5.75 Å². The van der Waals surface area contributed by atoms with E-state index in [1.165, 1.54) is 0 Å². The van der Waals surface area contributed by atoms with Crippen molar-refractivity contribution in [1.29, 1.82) is 0 Å². The van der Waals surface area contributed by atoms with Gasteiger partial charge < -0.3 is 25.4 Å². The highest BCUT2D eigenvalue weighted by Crippen LogP contribution is 2.25. The lowest BCUT2D eigenvalue weighted by Gasteiger charge is -2.15. The van der Waals surface area contributed by atoms with E-state index in [1.807, 2.05) is 18.2 Å². The van der Waals surface area contributed by atoms with E-state index >= 15 is 0 Å². The molecule has 1 heterocycles. The van der Waals surface area contributed by atoms with Crippen LogP contribution in [0, 0.1) is 0 Å². The first-order valence-electron chi connectivity index (χ1n) is 9.35. The normalized spacial score (nSPS) is 15.7. The first-order valence-corrected chi connectivity index (χ1v) is 9.35. The van der Waals surface area contributed by atoms with Gasteiger partial charge in [-0.15, -0.1) is 0 Å². The van der Waals surface area contributed by atoms with E-state index in [0.717, 1.165) is 25.1 Å². The maximum Gasteiger partial charge on any atom is 0.251 e. The molecule has 2 amide bonds. The topological polar surface area (TPSA) is 88.7 Å². The van der Waals surface area contributed by atoms with Crippen LogP contribution in [-0.2, 0) is 9.53 Å². The van der Waals surface area contributed by atoms with Gasteiger partial charge in [-0.05, 0) is 49.2 Å². The van der Waals surface area contributed by atoms with Crippen LogP contribution in [0.2, 0.25) is 0 Å². The van der Waals surface area contributed by atoms with Crippen LogP contribution in [0.3, 0.4) is 0 Å². The van der Waals surface area contributed by atoms with Crippen LogP contribution in [-0.4, -0.2) is 44.7 Å². The largest absolute Gasteiger partial charge is 0.489 e. The van der Waals surface area contributed by atoms with Crippen LogP contribution in [0.25, 0.3) is 0 Å². The second-order valence-electron chi connectivity index (χ2n) is 6.50. The third kappa shape index (κ3) is 5.47. The lowest BCUT2D eigenvalue weighted by atomic mass is 10.2. The summed E-state index contributed by atoms with van der Waals surface area (Å²) in [4.78, 5) is 23.8. The predicted molar refractivity (Wildman–Crippen MR) is 108 cm³/mol. The fourth-order valence-corrected chi connectivity index (χ4v) is 2.91. The molecule has 7 nitrogen and oxygen atoms in total. The number of rotatable bonds is 8. The molecular formula is C21H25N3O4. The van der Waals surface area contributed by atoms with Gasteiger partial charge in [0, 0.05) is 24.9 Å². The Morgan fingerprint density at radius 3 is 2.64 bits per heavy atom. The molecule has 1 aliphatic heterocycles. The molecule has 7 heteroatoms. The predicted octanol–water partition coefficient (Wildman–Crippen LogP) is 2.65. The van der Waals surface area contributed by atoms with Crippen molar-refractivity contribution in [2.75, 3.05) is 37.4 Å². The van der Waals surface area contributed by atoms with Crippen molar-refractivity contribution in [1.82, 2.24) is 5.32 Å². The van der Waals surface area contributed by atoms with E-state index in [-0.39, 0.29) is 24.5 Å². The highest BCUT2D eigenvalue weighted by Gasteiger charge is 2.17. The molecule has 148 valence electrons. The minimum absolute atomic E-state index is 0.0966. The van der Waals surface area contributed by atoms with E-state index in [9.17, 15) is 9.59 Å². The molecular weight excluding hydrogens is 358 g/mol. The molecule has 28 heavy (non-hydrogen) atoms. The van der Waals surface area contributed by atoms with Gasteiger partial charge in [0.25, 0.3) is 5.91 Å². The van der Waals surface area contributed by atoms with Gasteiger partial charge in [0.05, 0.1) is 18.3 Å². The second-order valence-corrected chi connectivity index (χ2v) is 6.50. The van der Waals surface area contributed by atoms with Gasteiger partial charge in [-0.2, -0.15) is 0 Å². The molecule has 0 spiro atoms. The van der Waals surface area contributed by atoms with E-state index in [2.05, 4.69) is 16.0 Å². The molecule has 1 unspecified atom stereocenters. The molecule has 0 saturated carbocycles. The molecule has 3 rings (SSSR count). The van der Waals surface area contributed by atoms with Crippen LogP contribution in [0.1, 0.15) is 23.2 Å². The maximum absolute atomic E-state index is 12.3. The summed E-state index contributed by atoms with van der Waals surface area (Å²) in [5.74, 6) is 0.286. The van der Waals surface area contributed by atoms with Crippen LogP contribution in [0.4, 0.5) is 11.4 Å². The van der Waals surface area contributed by atoms with Crippen molar-refractivity contribution in [3.05, 3.63) is 54.1 Å². The molecule has 1 atom stereocenters. The average molecular weight is 383 g/mol. The summed E-state index contributed by atoms with van der Waals surface area (Å²) < 4.78 is 11.4. The van der Waals surface area contributed by atoms with Crippen LogP contribution in [0.15, 0.2) is 48.5 Å². The Kier molecular flexibility index (Phi) is 6.86. The van der Waals surface area contributed by atoms with Crippen molar-refractivity contribution in [2.45, 2.75) is 18.9 Å². The Balaban J connectivity index is 1.51. The number of para-hydroxylation sites is 2. The van der Waals surface area contributed by atoms with Crippen LogP contribution < -0.4 is 20.7 Å². The average Bonchev–Trinajstić information content (AvgIpc) is 3.25. The highest BCUT2D eigenvalue weighted by atomic mass is 16.5. The minimum atomic E-state index is -0.191. The van der Waals surface area contributed by atoms with Crippen molar-refractivity contribution in [2.24, 2.45) is 0 Å². The van der Waals surface area contributed by atoms with E-state index in [0.29, 0.717) is 23.6 Å². The maximum atomic E-state index is 12.3. The lowest BCUT2D eigenvalue weighted by Crippen LogP contribution is -2.23. The van der Waals surface area contributed by atoms with Crippen molar-refractivity contribution >= 4 is 23.2 Å². The van der Waals surface area contributed by atoms with Gasteiger partial charge >= 0.3 is 0 Å². The molecule has 0 bridgehead atoms. The number of carbonyl (C=O) groups excluding carboxylic acids is 2. The Bertz CT molecular complexity index is 802. The molecule has 2 aromatic rings. The monoisotopic (exact) mass is 383 g/mol. The fourth-order valence-electron chi connectivity index (χ4n) is 2.91. The van der Waals surface area contributed by atoms with Gasteiger partial charge in [0.2, 0.25) is 5.91 Å². The van der Waals surface area contributed by atoms with Crippen molar-refractivity contribution in [3.8, 4) is 5.75 Å². The van der Waals surface area contributed by atoms with Crippen LogP contribution >= 0.6 is 0 Å². The van der Waals surface area contributed by atoms with Gasteiger partial charge in [-0.1, -0.05) is 12.1 Å². The zero-order valence-corrected chi connectivity index (χ0v) is 15.9. The molecule has 1 fully saturated rings. The molecule has 0 radical (unpaired) electrons. The molecule has 1 saturated heterocycles. The van der Waals surface area contributed by atoms with Gasteiger partial charge in [-0.3, -0.25) is 9.59 Å². The molecule has 3 N–H and O–H groups in total.